The summed E-state index contributed by atoms with van der Waals surface area (Å²) in [4.78, 5) is 8.44. The van der Waals surface area contributed by atoms with Crippen molar-refractivity contribution in [3.8, 4) is 5.69 Å². The molecule has 1 fully saturated rings. The first-order valence-electron chi connectivity index (χ1n) is 5.08. The quantitative estimate of drug-likeness (QED) is 0.803. The molecule has 1 aliphatic rings. The van der Waals surface area contributed by atoms with Gasteiger partial charge in [0, 0.05) is 18.3 Å². The Balaban J connectivity index is 1.97. The summed E-state index contributed by atoms with van der Waals surface area (Å²) in [5.74, 6) is 0.681. The Kier molecular flexibility index (Phi) is 1.74. The van der Waals surface area contributed by atoms with Crippen LogP contribution >= 0.6 is 0 Å². The first-order chi connectivity index (χ1) is 7.33. The summed E-state index contributed by atoms with van der Waals surface area (Å²) in [6, 6.07) is 1.89. The van der Waals surface area contributed by atoms with Crippen LogP contribution in [-0.2, 0) is 0 Å². The molecule has 2 aromatic rings. The molecular formula is C11H12N4. The molecule has 0 aliphatic heterocycles. The lowest BCUT2D eigenvalue weighted by Crippen LogP contribution is -1.94. The number of hydrogen-bond acceptors (Lipinski definition) is 3. The highest BCUT2D eigenvalue weighted by atomic mass is 15.0. The van der Waals surface area contributed by atoms with E-state index >= 15 is 0 Å². The van der Waals surface area contributed by atoms with Crippen LogP contribution in [0.4, 0.5) is 5.69 Å². The summed E-state index contributed by atoms with van der Waals surface area (Å²) in [5, 5.41) is 0. The Labute approximate surface area is 87.8 Å². The maximum Gasteiger partial charge on any atom is 0.0995 e. The Morgan fingerprint density at radius 1 is 1.33 bits per heavy atom. The van der Waals surface area contributed by atoms with E-state index in [9.17, 15) is 0 Å². The van der Waals surface area contributed by atoms with Crippen LogP contribution in [0.3, 0.4) is 0 Å². The fraction of sp³-hybridized carbons (Fsp3) is 0.273. The van der Waals surface area contributed by atoms with Crippen LogP contribution in [0, 0.1) is 0 Å². The number of pyridine rings is 1. The van der Waals surface area contributed by atoms with E-state index in [-0.39, 0.29) is 0 Å². The smallest absolute Gasteiger partial charge is 0.0995 e. The topological polar surface area (TPSA) is 56.7 Å². The third-order valence-corrected chi connectivity index (χ3v) is 2.64. The second-order valence-corrected chi connectivity index (χ2v) is 3.96. The van der Waals surface area contributed by atoms with Crippen LogP contribution in [0.1, 0.15) is 24.5 Å². The summed E-state index contributed by atoms with van der Waals surface area (Å²) >= 11 is 0. The summed E-state index contributed by atoms with van der Waals surface area (Å²) in [7, 11) is 0. The van der Waals surface area contributed by atoms with Gasteiger partial charge in [0.1, 0.15) is 0 Å². The van der Waals surface area contributed by atoms with Crippen molar-refractivity contribution in [1.29, 1.82) is 0 Å². The lowest BCUT2D eigenvalue weighted by atomic mass is 10.3. The third kappa shape index (κ3) is 1.58. The number of hydrogen-bond donors (Lipinski definition) is 1. The fourth-order valence-corrected chi connectivity index (χ4v) is 1.66. The molecule has 0 saturated heterocycles. The molecule has 0 aromatic carbocycles. The SMILES string of the molecule is Nc1cncc(-n2cnc(C3CC3)c2)c1. The molecule has 0 amide bonds. The fourth-order valence-electron chi connectivity index (χ4n) is 1.66. The molecule has 3 rings (SSSR count). The van der Waals surface area contributed by atoms with Gasteiger partial charge in [-0.25, -0.2) is 4.98 Å². The van der Waals surface area contributed by atoms with Crippen molar-refractivity contribution in [3.05, 3.63) is 36.7 Å². The minimum Gasteiger partial charge on any atom is -0.397 e. The average molecular weight is 200 g/mol. The van der Waals surface area contributed by atoms with E-state index in [1.54, 1.807) is 12.4 Å². The van der Waals surface area contributed by atoms with Crippen molar-refractivity contribution in [3.63, 3.8) is 0 Å². The van der Waals surface area contributed by atoms with Gasteiger partial charge in [-0.3, -0.25) is 4.98 Å². The summed E-state index contributed by atoms with van der Waals surface area (Å²) < 4.78 is 1.97. The van der Waals surface area contributed by atoms with E-state index in [4.69, 9.17) is 5.73 Å². The average Bonchev–Trinajstić information content (AvgIpc) is 2.97. The number of nitrogens with zero attached hydrogens (tertiary/aromatic N) is 3. The summed E-state index contributed by atoms with van der Waals surface area (Å²) in [5.41, 5.74) is 8.50. The Bertz CT molecular complexity index is 485. The summed E-state index contributed by atoms with van der Waals surface area (Å²) in [6.45, 7) is 0. The number of anilines is 1. The number of aromatic nitrogens is 3. The van der Waals surface area contributed by atoms with Gasteiger partial charge in [0.2, 0.25) is 0 Å². The number of nitrogens with two attached hydrogens (primary N) is 1. The highest BCUT2D eigenvalue weighted by molar-refractivity contribution is 5.44. The Morgan fingerprint density at radius 3 is 2.93 bits per heavy atom. The van der Waals surface area contributed by atoms with Gasteiger partial charge in [-0.15, -0.1) is 0 Å². The molecule has 0 radical (unpaired) electrons. The van der Waals surface area contributed by atoms with Crippen molar-refractivity contribution in [1.82, 2.24) is 14.5 Å². The predicted octanol–water partition coefficient (Wildman–Crippen LogP) is 1.73. The van der Waals surface area contributed by atoms with Crippen LogP contribution < -0.4 is 5.73 Å². The molecule has 0 atom stereocenters. The van der Waals surface area contributed by atoms with Gasteiger partial charge in [-0.05, 0) is 18.9 Å². The highest BCUT2D eigenvalue weighted by Gasteiger charge is 2.25. The predicted molar refractivity (Wildman–Crippen MR) is 57.7 cm³/mol. The number of imidazole rings is 1. The number of nitrogen functional groups attached to an aromatic ring is 1. The van der Waals surface area contributed by atoms with Crippen molar-refractivity contribution in [2.75, 3.05) is 5.73 Å². The molecule has 4 heteroatoms. The molecular weight excluding hydrogens is 188 g/mol. The van der Waals surface area contributed by atoms with Crippen LogP contribution in [0.25, 0.3) is 5.69 Å². The van der Waals surface area contributed by atoms with Crippen molar-refractivity contribution < 1.29 is 0 Å². The molecule has 15 heavy (non-hydrogen) atoms. The van der Waals surface area contributed by atoms with Gasteiger partial charge in [0.15, 0.2) is 0 Å². The van der Waals surface area contributed by atoms with Crippen LogP contribution in [0.2, 0.25) is 0 Å². The zero-order chi connectivity index (χ0) is 10.3. The molecule has 0 unspecified atom stereocenters. The molecule has 1 aliphatic carbocycles. The Hall–Kier alpha value is -1.84. The van der Waals surface area contributed by atoms with Gasteiger partial charge in [-0.1, -0.05) is 0 Å². The minimum atomic E-state index is 0.675. The van der Waals surface area contributed by atoms with Gasteiger partial charge < -0.3 is 10.3 Å². The molecule has 2 aromatic heterocycles. The van der Waals surface area contributed by atoms with E-state index in [0.29, 0.717) is 11.6 Å². The lowest BCUT2D eigenvalue weighted by molar-refractivity contribution is 1.04. The molecule has 0 bridgehead atoms. The van der Waals surface area contributed by atoms with E-state index in [0.717, 1.165) is 5.69 Å². The first kappa shape index (κ1) is 8.47. The van der Waals surface area contributed by atoms with Crippen LogP contribution in [0.5, 0.6) is 0 Å². The second-order valence-electron chi connectivity index (χ2n) is 3.96. The van der Waals surface area contributed by atoms with Gasteiger partial charge >= 0.3 is 0 Å². The van der Waals surface area contributed by atoms with Gasteiger partial charge in [0.25, 0.3) is 0 Å². The van der Waals surface area contributed by atoms with E-state index < -0.39 is 0 Å². The lowest BCUT2D eigenvalue weighted by Gasteiger charge is -2.01. The van der Waals surface area contributed by atoms with E-state index in [1.807, 2.05) is 17.0 Å². The van der Waals surface area contributed by atoms with Gasteiger partial charge in [-0.2, -0.15) is 0 Å². The molecule has 1 saturated carbocycles. The maximum absolute atomic E-state index is 5.68. The zero-order valence-electron chi connectivity index (χ0n) is 8.30. The van der Waals surface area contributed by atoms with E-state index in [2.05, 4.69) is 16.2 Å². The van der Waals surface area contributed by atoms with Crippen molar-refractivity contribution in [2.45, 2.75) is 18.8 Å². The molecule has 2 heterocycles. The zero-order valence-corrected chi connectivity index (χ0v) is 8.30. The first-order valence-corrected chi connectivity index (χ1v) is 5.08. The van der Waals surface area contributed by atoms with Crippen LogP contribution in [-0.4, -0.2) is 14.5 Å². The molecule has 2 N–H and O–H groups in total. The van der Waals surface area contributed by atoms with E-state index in [1.165, 1.54) is 18.5 Å². The third-order valence-electron chi connectivity index (χ3n) is 2.64. The maximum atomic E-state index is 5.68. The van der Waals surface area contributed by atoms with Gasteiger partial charge in [0.05, 0.1) is 29.6 Å². The van der Waals surface area contributed by atoms with Crippen LogP contribution in [0.15, 0.2) is 31.0 Å². The monoisotopic (exact) mass is 200 g/mol. The molecule has 4 nitrogen and oxygen atoms in total. The summed E-state index contributed by atoms with van der Waals surface area (Å²) in [6.07, 6.45) is 9.85. The minimum absolute atomic E-state index is 0.675. The Morgan fingerprint density at radius 2 is 2.20 bits per heavy atom. The normalized spacial score (nSPS) is 15.5. The van der Waals surface area contributed by atoms with Crippen molar-refractivity contribution >= 4 is 5.69 Å². The molecule has 76 valence electrons. The highest BCUT2D eigenvalue weighted by Crippen LogP contribution is 2.39. The standard InChI is InChI=1S/C11H12N4/c12-9-3-10(5-13-4-9)15-6-11(14-7-15)8-1-2-8/h3-8H,1-2,12H2. The largest absolute Gasteiger partial charge is 0.397 e. The molecule has 0 spiro atoms. The number of rotatable bonds is 2. The second kappa shape index (κ2) is 3.08. The van der Waals surface area contributed by atoms with Crippen molar-refractivity contribution in [2.24, 2.45) is 0 Å².